The molecular formula is C19H21F. The van der Waals surface area contributed by atoms with Gasteiger partial charge in [0.05, 0.1) is 0 Å². The highest BCUT2D eigenvalue weighted by molar-refractivity contribution is 5.64. The summed E-state index contributed by atoms with van der Waals surface area (Å²) < 4.78 is 13.7. The minimum absolute atomic E-state index is 0.0989. The second-order valence-corrected chi connectivity index (χ2v) is 5.08. The molecule has 0 aliphatic rings. The number of allylic oxidation sites excluding steroid dienone is 1. The van der Waals surface area contributed by atoms with E-state index in [1.54, 1.807) is 6.07 Å². The molecule has 2 aromatic rings. The first-order valence-corrected chi connectivity index (χ1v) is 7.23. The predicted molar refractivity (Wildman–Crippen MR) is 84.3 cm³/mol. The van der Waals surface area contributed by atoms with E-state index < -0.39 is 0 Å². The van der Waals surface area contributed by atoms with Crippen molar-refractivity contribution in [2.75, 3.05) is 0 Å². The SMILES string of the molecule is C=CCCc1ccc(-c2ccc(F)c(CCC)c2)cc1. The van der Waals surface area contributed by atoms with Gasteiger partial charge in [-0.05, 0) is 53.6 Å². The van der Waals surface area contributed by atoms with Crippen LogP contribution in [0.3, 0.4) is 0 Å². The number of aryl methyl sites for hydroxylation is 2. The molecule has 0 saturated carbocycles. The molecule has 20 heavy (non-hydrogen) atoms. The first-order chi connectivity index (χ1) is 9.74. The summed E-state index contributed by atoms with van der Waals surface area (Å²) in [6.07, 6.45) is 5.70. The minimum Gasteiger partial charge on any atom is -0.207 e. The second kappa shape index (κ2) is 7.04. The van der Waals surface area contributed by atoms with Crippen LogP contribution in [0, 0.1) is 5.82 Å². The summed E-state index contributed by atoms with van der Waals surface area (Å²) in [7, 11) is 0. The summed E-state index contributed by atoms with van der Waals surface area (Å²) in [5.74, 6) is -0.0989. The maximum Gasteiger partial charge on any atom is 0.126 e. The van der Waals surface area contributed by atoms with E-state index in [2.05, 4.69) is 37.8 Å². The smallest absolute Gasteiger partial charge is 0.126 e. The average molecular weight is 268 g/mol. The molecule has 2 aromatic carbocycles. The van der Waals surface area contributed by atoms with Gasteiger partial charge in [0.15, 0.2) is 0 Å². The lowest BCUT2D eigenvalue weighted by molar-refractivity contribution is 0.607. The number of rotatable bonds is 6. The van der Waals surface area contributed by atoms with Crippen LogP contribution in [0.25, 0.3) is 11.1 Å². The third-order valence-electron chi connectivity index (χ3n) is 3.49. The predicted octanol–water partition coefficient (Wildman–Crippen LogP) is 5.56. The maximum absolute atomic E-state index is 13.7. The van der Waals surface area contributed by atoms with Crippen molar-refractivity contribution in [2.45, 2.75) is 32.6 Å². The van der Waals surface area contributed by atoms with Gasteiger partial charge >= 0.3 is 0 Å². The van der Waals surface area contributed by atoms with Gasteiger partial charge in [-0.15, -0.1) is 6.58 Å². The number of hydrogen-bond acceptors (Lipinski definition) is 0. The Hall–Kier alpha value is -1.89. The summed E-state index contributed by atoms with van der Waals surface area (Å²) in [6, 6.07) is 13.9. The van der Waals surface area contributed by atoms with Crippen LogP contribution in [-0.4, -0.2) is 0 Å². The van der Waals surface area contributed by atoms with Crippen molar-refractivity contribution in [1.29, 1.82) is 0 Å². The van der Waals surface area contributed by atoms with E-state index in [0.29, 0.717) is 0 Å². The Kier molecular flexibility index (Phi) is 5.11. The van der Waals surface area contributed by atoms with Gasteiger partial charge < -0.3 is 0 Å². The quantitative estimate of drug-likeness (QED) is 0.601. The topological polar surface area (TPSA) is 0 Å². The Bertz CT molecular complexity index is 567. The zero-order chi connectivity index (χ0) is 14.4. The van der Waals surface area contributed by atoms with Crippen molar-refractivity contribution >= 4 is 0 Å². The fraction of sp³-hybridized carbons (Fsp3) is 0.263. The Morgan fingerprint density at radius 3 is 2.35 bits per heavy atom. The van der Waals surface area contributed by atoms with E-state index in [1.807, 2.05) is 18.2 Å². The number of hydrogen-bond donors (Lipinski definition) is 0. The molecule has 0 bridgehead atoms. The van der Waals surface area contributed by atoms with E-state index in [4.69, 9.17) is 0 Å². The Morgan fingerprint density at radius 2 is 1.70 bits per heavy atom. The van der Waals surface area contributed by atoms with Crippen molar-refractivity contribution in [1.82, 2.24) is 0 Å². The van der Waals surface area contributed by atoms with Gasteiger partial charge in [-0.3, -0.25) is 0 Å². The lowest BCUT2D eigenvalue weighted by Gasteiger charge is -2.07. The van der Waals surface area contributed by atoms with Gasteiger partial charge in [0.1, 0.15) is 5.82 Å². The van der Waals surface area contributed by atoms with Crippen LogP contribution in [0.4, 0.5) is 4.39 Å². The van der Waals surface area contributed by atoms with Crippen molar-refractivity contribution in [3.8, 4) is 11.1 Å². The highest BCUT2D eigenvalue weighted by Crippen LogP contribution is 2.23. The van der Waals surface area contributed by atoms with Crippen LogP contribution < -0.4 is 0 Å². The number of halogens is 1. The van der Waals surface area contributed by atoms with Crippen LogP contribution in [0.15, 0.2) is 55.1 Å². The van der Waals surface area contributed by atoms with Crippen molar-refractivity contribution in [3.05, 3.63) is 72.1 Å². The molecule has 0 N–H and O–H groups in total. The van der Waals surface area contributed by atoms with Gasteiger partial charge in [0.2, 0.25) is 0 Å². The summed E-state index contributed by atoms with van der Waals surface area (Å²) in [5.41, 5.74) is 4.35. The van der Waals surface area contributed by atoms with Crippen LogP contribution in [-0.2, 0) is 12.8 Å². The third-order valence-corrected chi connectivity index (χ3v) is 3.49. The zero-order valence-electron chi connectivity index (χ0n) is 12.0. The van der Waals surface area contributed by atoms with Crippen LogP contribution in [0.2, 0.25) is 0 Å². The van der Waals surface area contributed by atoms with Crippen LogP contribution in [0.5, 0.6) is 0 Å². The Morgan fingerprint density at radius 1 is 1.00 bits per heavy atom. The molecule has 0 fully saturated rings. The normalized spacial score (nSPS) is 10.5. The lowest BCUT2D eigenvalue weighted by Crippen LogP contribution is -1.91. The van der Waals surface area contributed by atoms with Crippen molar-refractivity contribution < 1.29 is 4.39 Å². The summed E-state index contributed by atoms with van der Waals surface area (Å²) in [5, 5.41) is 0. The molecule has 0 unspecified atom stereocenters. The molecule has 104 valence electrons. The molecule has 0 saturated heterocycles. The molecule has 0 aromatic heterocycles. The first-order valence-electron chi connectivity index (χ1n) is 7.23. The Balaban J connectivity index is 2.22. The molecular weight excluding hydrogens is 247 g/mol. The molecule has 0 nitrogen and oxygen atoms in total. The lowest BCUT2D eigenvalue weighted by atomic mass is 9.99. The molecule has 1 heteroatoms. The van der Waals surface area contributed by atoms with E-state index in [9.17, 15) is 4.39 Å². The van der Waals surface area contributed by atoms with Gasteiger partial charge in [-0.1, -0.05) is 49.8 Å². The molecule has 0 amide bonds. The van der Waals surface area contributed by atoms with Crippen molar-refractivity contribution in [3.63, 3.8) is 0 Å². The molecule has 0 aliphatic carbocycles. The Labute approximate surface area is 121 Å². The van der Waals surface area contributed by atoms with Gasteiger partial charge in [0, 0.05) is 0 Å². The third kappa shape index (κ3) is 3.57. The molecule has 0 heterocycles. The van der Waals surface area contributed by atoms with E-state index >= 15 is 0 Å². The second-order valence-electron chi connectivity index (χ2n) is 5.08. The molecule has 0 atom stereocenters. The summed E-state index contributed by atoms with van der Waals surface area (Å²) in [6.45, 7) is 5.81. The molecule has 0 spiro atoms. The fourth-order valence-corrected chi connectivity index (χ4v) is 2.35. The van der Waals surface area contributed by atoms with Gasteiger partial charge in [0.25, 0.3) is 0 Å². The summed E-state index contributed by atoms with van der Waals surface area (Å²) >= 11 is 0. The number of benzene rings is 2. The molecule has 0 aliphatic heterocycles. The standard InChI is InChI=1S/C19H21F/c1-3-5-7-15-8-10-16(11-9-15)17-12-13-19(20)18(14-17)6-4-2/h3,8-14H,1,4-7H2,2H3. The summed E-state index contributed by atoms with van der Waals surface area (Å²) in [4.78, 5) is 0. The zero-order valence-corrected chi connectivity index (χ0v) is 12.0. The van der Waals surface area contributed by atoms with Gasteiger partial charge in [-0.2, -0.15) is 0 Å². The van der Waals surface area contributed by atoms with Gasteiger partial charge in [-0.25, -0.2) is 4.39 Å². The highest BCUT2D eigenvalue weighted by atomic mass is 19.1. The van der Waals surface area contributed by atoms with Crippen LogP contribution in [0.1, 0.15) is 30.9 Å². The minimum atomic E-state index is -0.0989. The van der Waals surface area contributed by atoms with Crippen molar-refractivity contribution in [2.24, 2.45) is 0 Å². The maximum atomic E-state index is 13.7. The van der Waals surface area contributed by atoms with E-state index in [1.165, 1.54) is 5.56 Å². The fourth-order valence-electron chi connectivity index (χ4n) is 2.35. The largest absolute Gasteiger partial charge is 0.207 e. The van der Waals surface area contributed by atoms with E-state index in [0.717, 1.165) is 42.4 Å². The highest BCUT2D eigenvalue weighted by Gasteiger charge is 2.04. The molecule has 0 radical (unpaired) electrons. The first kappa shape index (κ1) is 14.5. The average Bonchev–Trinajstić information content (AvgIpc) is 2.48. The van der Waals surface area contributed by atoms with Crippen LogP contribution >= 0.6 is 0 Å². The molecule has 2 rings (SSSR count). The van der Waals surface area contributed by atoms with E-state index in [-0.39, 0.29) is 5.82 Å². The monoisotopic (exact) mass is 268 g/mol.